The van der Waals surface area contributed by atoms with Gasteiger partial charge in [0.2, 0.25) is 0 Å². The van der Waals surface area contributed by atoms with E-state index in [-0.39, 0.29) is 53.1 Å². The van der Waals surface area contributed by atoms with Crippen molar-refractivity contribution >= 4 is 12.0 Å². The maximum absolute atomic E-state index is 2.52. The Kier molecular flexibility index (Phi) is 7.21. The molecule has 2 aliphatic carbocycles. The minimum atomic E-state index is -0.343. The van der Waals surface area contributed by atoms with Crippen LogP contribution in [0.25, 0.3) is 6.08 Å². The van der Waals surface area contributed by atoms with Crippen LogP contribution in [0, 0.1) is 0 Å². The Bertz CT molecular complexity index is 561. The molecule has 0 bridgehead atoms. The molecular weight excluding hydrogens is 382 g/mol. The largest absolute Gasteiger partial charge is 1.00 e. The van der Waals surface area contributed by atoms with Crippen LogP contribution in [0.5, 0.6) is 0 Å². The second kappa shape index (κ2) is 7.94. The molecule has 0 saturated heterocycles. The number of fused-ring (bicyclic) bond motifs is 1. The van der Waals surface area contributed by atoms with Crippen LogP contribution < -0.4 is 24.8 Å². The molecule has 1 aromatic carbocycles. The van der Waals surface area contributed by atoms with Gasteiger partial charge in [-0.15, -0.1) is 0 Å². The maximum atomic E-state index is 2.52. The molecule has 0 nitrogen and oxygen atoms in total. The summed E-state index contributed by atoms with van der Waals surface area (Å²) in [5.74, 6) is 0.216. The van der Waals surface area contributed by atoms with Crippen molar-refractivity contribution in [3.8, 4) is 0 Å². The number of allylic oxidation sites excluding steroid dienone is 5. The Hall–Kier alpha value is 0.120. The molecule has 20 heavy (non-hydrogen) atoms. The molecule has 0 saturated carbocycles. The van der Waals surface area contributed by atoms with Crippen molar-refractivity contribution in [3.05, 3.63) is 62.5 Å². The van der Waals surface area contributed by atoms with Crippen LogP contribution in [0.2, 0.25) is 13.1 Å². The molecule has 1 unspecified atom stereocenters. The molecule has 2 aliphatic rings. The molecule has 0 spiro atoms. The summed E-state index contributed by atoms with van der Waals surface area (Å²) < 4.78 is 1.87. The predicted molar refractivity (Wildman–Crippen MR) is 77.9 cm³/mol. The normalized spacial score (nSPS) is 18.6. The van der Waals surface area contributed by atoms with Gasteiger partial charge in [0.1, 0.15) is 0 Å². The number of benzene rings is 1. The van der Waals surface area contributed by atoms with E-state index in [1.54, 1.807) is 5.57 Å². The third-order valence-electron chi connectivity index (χ3n) is 3.57. The van der Waals surface area contributed by atoms with Gasteiger partial charge in [0.25, 0.3) is 0 Å². The van der Waals surface area contributed by atoms with Crippen LogP contribution in [0.15, 0.2) is 51.3 Å². The topological polar surface area (TPSA) is 0 Å². The third-order valence-corrected chi connectivity index (χ3v) is 12.5. The van der Waals surface area contributed by atoms with Crippen LogP contribution in [0.3, 0.4) is 0 Å². The van der Waals surface area contributed by atoms with E-state index in [1.165, 1.54) is 17.5 Å². The zero-order chi connectivity index (χ0) is 12.5. The van der Waals surface area contributed by atoms with Crippen molar-refractivity contribution < 1.29 is 47.2 Å². The fraction of sp³-hybridized carbons (Fsp3) is 0.250. The minimum absolute atomic E-state index is 0. The molecule has 104 valence electrons. The molecule has 3 rings (SSSR count). The van der Waals surface area contributed by atoms with Gasteiger partial charge in [-0.25, -0.2) is 0 Å². The zero-order valence-electron chi connectivity index (χ0n) is 11.7. The molecule has 0 N–H and O–H groups in total. The predicted octanol–water partition coefficient (Wildman–Crippen LogP) is -1.92. The van der Waals surface area contributed by atoms with Gasteiger partial charge in [-0.1, -0.05) is 0 Å². The fourth-order valence-corrected chi connectivity index (χ4v) is 11.9. The minimum Gasteiger partial charge on any atom is -1.00 e. The van der Waals surface area contributed by atoms with E-state index in [2.05, 4.69) is 61.7 Å². The molecule has 0 heterocycles. The average molecular weight is 401 g/mol. The first kappa shape index (κ1) is 18.2. The molecule has 0 aromatic heterocycles. The molecule has 4 heteroatoms. The average Bonchev–Trinajstić information content (AvgIpc) is 2.94. The van der Waals surface area contributed by atoms with Gasteiger partial charge in [-0.05, 0) is 0 Å². The Morgan fingerprint density at radius 2 is 1.85 bits per heavy atom. The van der Waals surface area contributed by atoms with Gasteiger partial charge in [0.15, 0.2) is 0 Å². The molecule has 0 aliphatic heterocycles. The number of halogens is 2. The van der Waals surface area contributed by atoms with Gasteiger partial charge in [-0.2, -0.15) is 0 Å². The van der Waals surface area contributed by atoms with Crippen LogP contribution in [0.1, 0.15) is 23.5 Å². The fourth-order valence-electron chi connectivity index (χ4n) is 2.82. The summed E-state index contributed by atoms with van der Waals surface area (Å²) in [5.41, 5.74) is 4.59. The van der Waals surface area contributed by atoms with E-state index in [0.29, 0.717) is 5.92 Å². The van der Waals surface area contributed by atoms with Crippen LogP contribution in [-0.2, 0) is 22.4 Å². The van der Waals surface area contributed by atoms with Crippen molar-refractivity contribution in [1.82, 2.24) is 0 Å². The van der Waals surface area contributed by atoms with Gasteiger partial charge in [-0.3, -0.25) is 0 Å². The summed E-state index contributed by atoms with van der Waals surface area (Å²) in [7, 11) is 0. The first-order chi connectivity index (χ1) is 8.75. The van der Waals surface area contributed by atoms with Gasteiger partial charge >= 0.3 is 122 Å². The van der Waals surface area contributed by atoms with Crippen molar-refractivity contribution in [2.45, 2.75) is 25.4 Å². The van der Waals surface area contributed by atoms with E-state index < -0.39 is 0 Å². The molecule has 1 atom stereocenters. The van der Waals surface area contributed by atoms with Crippen molar-refractivity contribution in [2.75, 3.05) is 0 Å². The maximum Gasteiger partial charge on any atom is -1.00 e. The summed E-state index contributed by atoms with van der Waals surface area (Å²) in [4.78, 5) is 0. The van der Waals surface area contributed by atoms with E-state index in [0.717, 1.165) is 0 Å². The van der Waals surface area contributed by atoms with Crippen molar-refractivity contribution in [3.63, 3.8) is 0 Å². The first-order valence-corrected chi connectivity index (χ1v) is 15.1. The number of hydrogen-bond donors (Lipinski definition) is 0. The Balaban J connectivity index is 0.000001000. The van der Waals surface area contributed by atoms with Gasteiger partial charge in [0.05, 0.1) is 0 Å². The van der Waals surface area contributed by atoms with Crippen LogP contribution in [-0.4, -0.2) is 5.92 Å². The second-order valence-corrected chi connectivity index (χ2v) is 20.0. The van der Waals surface area contributed by atoms with Crippen molar-refractivity contribution in [2.24, 2.45) is 0 Å². The third kappa shape index (κ3) is 3.65. The standard InChI is InChI=1S/C14H11.C2H7Si.2ClH.Zr/c1-2-6-11(5-1)14-10-9-12-7-3-4-8-13(12)14;1-3-2;;;/h1,3-5,7-10,14H,2H2;3H,1-2H3;2*1H;/q;;;;+2/p-2. The Labute approximate surface area is 146 Å². The van der Waals surface area contributed by atoms with Gasteiger partial charge in [0, 0.05) is 0 Å². The molecule has 0 fully saturated rings. The van der Waals surface area contributed by atoms with Crippen LogP contribution in [0.4, 0.5) is 0 Å². The van der Waals surface area contributed by atoms with Crippen molar-refractivity contribution in [1.29, 1.82) is 0 Å². The Morgan fingerprint density at radius 3 is 2.60 bits per heavy atom. The van der Waals surface area contributed by atoms with E-state index >= 15 is 0 Å². The summed E-state index contributed by atoms with van der Waals surface area (Å²) in [6, 6.07) is 8.86. The SMILES string of the molecule is C[SiH](C)[Zr+2][C]1=C(C2C=Cc3ccccc32)C=CC1.[Cl-].[Cl-]. The molecule has 0 amide bonds. The second-order valence-electron chi connectivity index (χ2n) is 5.31. The molecular formula is C16H18Cl2SiZr. The Morgan fingerprint density at radius 1 is 1.10 bits per heavy atom. The van der Waals surface area contributed by atoms with E-state index in [4.69, 9.17) is 0 Å². The van der Waals surface area contributed by atoms with E-state index in [1.807, 2.05) is 3.28 Å². The van der Waals surface area contributed by atoms with Crippen LogP contribution >= 0.6 is 0 Å². The molecule has 0 radical (unpaired) electrons. The quantitative estimate of drug-likeness (QED) is 0.520. The summed E-state index contributed by atoms with van der Waals surface area (Å²) >= 11 is -0.229. The first-order valence-electron chi connectivity index (χ1n) is 6.69. The van der Waals surface area contributed by atoms with Gasteiger partial charge < -0.3 is 24.8 Å². The smallest absolute Gasteiger partial charge is 1.00 e. The summed E-state index contributed by atoms with van der Waals surface area (Å²) in [6.07, 6.45) is 10.8. The zero-order valence-corrected chi connectivity index (χ0v) is 16.9. The summed E-state index contributed by atoms with van der Waals surface area (Å²) in [6.45, 7) is 5.04. The van der Waals surface area contributed by atoms with E-state index in [9.17, 15) is 0 Å². The monoisotopic (exact) mass is 398 g/mol. The number of hydrogen-bond acceptors (Lipinski definition) is 0. The summed E-state index contributed by atoms with van der Waals surface area (Å²) in [5, 5.41) is 0. The number of rotatable bonds is 3. The molecule has 1 aromatic rings.